The monoisotopic (exact) mass is 252 g/mol. The molecule has 1 unspecified atom stereocenters. The lowest BCUT2D eigenvalue weighted by atomic mass is 10.1. The van der Waals surface area contributed by atoms with E-state index < -0.39 is 0 Å². The van der Waals surface area contributed by atoms with Gasteiger partial charge in [-0.2, -0.15) is 0 Å². The van der Waals surface area contributed by atoms with Crippen molar-refractivity contribution in [2.75, 3.05) is 26.2 Å². The Hall–Kier alpha value is -0.870. The predicted molar refractivity (Wildman–Crippen MR) is 71.4 cm³/mol. The highest BCUT2D eigenvalue weighted by Crippen LogP contribution is 2.15. The van der Waals surface area contributed by atoms with E-state index in [0.717, 1.165) is 51.9 Å². The summed E-state index contributed by atoms with van der Waals surface area (Å²) in [4.78, 5) is 11.7. The Morgan fingerprint density at radius 2 is 2.22 bits per heavy atom. The Morgan fingerprint density at radius 1 is 1.39 bits per heavy atom. The maximum atomic E-state index is 11.7. The molecule has 2 aliphatic rings. The molecule has 0 spiro atoms. The van der Waals surface area contributed by atoms with Gasteiger partial charge in [-0.3, -0.25) is 4.79 Å². The lowest BCUT2D eigenvalue weighted by Gasteiger charge is -2.22. The van der Waals surface area contributed by atoms with E-state index in [4.69, 9.17) is 4.74 Å². The molecule has 1 amide bonds. The molecule has 1 atom stereocenters. The third-order valence-electron chi connectivity index (χ3n) is 3.62. The summed E-state index contributed by atoms with van der Waals surface area (Å²) in [6, 6.07) is 0. The van der Waals surface area contributed by atoms with Crippen LogP contribution < -0.4 is 10.6 Å². The fourth-order valence-corrected chi connectivity index (χ4v) is 2.52. The number of hydrogen-bond donors (Lipinski definition) is 2. The molecule has 0 aromatic heterocycles. The van der Waals surface area contributed by atoms with Crippen LogP contribution in [0.1, 0.15) is 38.5 Å². The van der Waals surface area contributed by atoms with E-state index in [-0.39, 0.29) is 5.91 Å². The van der Waals surface area contributed by atoms with Crippen LogP contribution in [0, 0.1) is 0 Å². The molecule has 0 radical (unpaired) electrons. The Balaban J connectivity index is 1.61. The number of carbonyl (C=O) groups excluding carboxylic acids is 1. The highest BCUT2D eigenvalue weighted by atomic mass is 16.5. The van der Waals surface area contributed by atoms with Gasteiger partial charge in [-0.15, -0.1) is 0 Å². The van der Waals surface area contributed by atoms with Crippen LogP contribution in [0.2, 0.25) is 0 Å². The predicted octanol–water partition coefficient (Wildman–Crippen LogP) is 1.37. The summed E-state index contributed by atoms with van der Waals surface area (Å²) in [5.41, 5.74) is 1.26. The standard InChI is InChI=1S/C14H24N2O2/c17-14(11-12-4-7-15-8-5-12)16-9-6-13-3-1-2-10-18-13/h11,13,15H,1-10H2,(H,16,17). The Morgan fingerprint density at radius 3 is 2.94 bits per heavy atom. The Bertz CT molecular complexity index is 288. The van der Waals surface area contributed by atoms with Gasteiger partial charge in [0.05, 0.1) is 6.10 Å². The third kappa shape index (κ3) is 4.78. The first-order valence-electron chi connectivity index (χ1n) is 7.14. The Labute approximate surface area is 109 Å². The van der Waals surface area contributed by atoms with Crippen molar-refractivity contribution in [3.05, 3.63) is 11.6 Å². The van der Waals surface area contributed by atoms with E-state index in [1.807, 2.05) is 0 Å². The van der Waals surface area contributed by atoms with Gasteiger partial charge in [0, 0.05) is 19.2 Å². The molecule has 18 heavy (non-hydrogen) atoms. The van der Waals surface area contributed by atoms with Gasteiger partial charge in [-0.05, 0) is 51.6 Å². The molecule has 102 valence electrons. The van der Waals surface area contributed by atoms with Crippen molar-refractivity contribution in [1.82, 2.24) is 10.6 Å². The smallest absolute Gasteiger partial charge is 0.243 e. The van der Waals surface area contributed by atoms with Crippen LogP contribution in [0.5, 0.6) is 0 Å². The molecule has 0 bridgehead atoms. The van der Waals surface area contributed by atoms with Gasteiger partial charge < -0.3 is 15.4 Å². The van der Waals surface area contributed by atoms with Crippen LogP contribution in [0.4, 0.5) is 0 Å². The summed E-state index contributed by atoms with van der Waals surface area (Å²) < 4.78 is 5.63. The molecule has 0 saturated carbocycles. The minimum Gasteiger partial charge on any atom is -0.378 e. The number of amides is 1. The number of piperidine rings is 1. The second-order valence-electron chi connectivity index (χ2n) is 5.12. The van der Waals surface area contributed by atoms with Crippen molar-refractivity contribution in [3.8, 4) is 0 Å². The number of nitrogens with one attached hydrogen (secondary N) is 2. The van der Waals surface area contributed by atoms with Gasteiger partial charge in [0.25, 0.3) is 0 Å². The third-order valence-corrected chi connectivity index (χ3v) is 3.62. The van der Waals surface area contributed by atoms with E-state index in [1.165, 1.54) is 18.4 Å². The molecule has 0 aliphatic carbocycles. The maximum Gasteiger partial charge on any atom is 0.243 e. The molecule has 4 heteroatoms. The summed E-state index contributed by atoms with van der Waals surface area (Å²) in [6.07, 6.45) is 8.66. The molecule has 0 aromatic carbocycles. The number of ether oxygens (including phenoxy) is 1. The minimum atomic E-state index is 0.0581. The van der Waals surface area contributed by atoms with Crippen molar-refractivity contribution in [2.45, 2.75) is 44.6 Å². The second kappa shape index (κ2) is 7.54. The summed E-state index contributed by atoms with van der Waals surface area (Å²) in [5, 5.41) is 6.25. The summed E-state index contributed by atoms with van der Waals surface area (Å²) in [5.74, 6) is 0.0581. The SMILES string of the molecule is O=C(C=C1CCNCC1)NCCC1CCCCO1. The number of hydrogen-bond acceptors (Lipinski definition) is 3. The van der Waals surface area contributed by atoms with Crippen LogP contribution >= 0.6 is 0 Å². The van der Waals surface area contributed by atoms with Crippen molar-refractivity contribution in [2.24, 2.45) is 0 Å². The van der Waals surface area contributed by atoms with Gasteiger partial charge in [-0.1, -0.05) is 5.57 Å². The first-order valence-corrected chi connectivity index (χ1v) is 7.14. The van der Waals surface area contributed by atoms with Gasteiger partial charge >= 0.3 is 0 Å². The Kier molecular flexibility index (Phi) is 5.68. The largest absolute Gasteiger partial charge is 0.378 e. The average Bonchev–Trinajstić information content (AvgIpc) is 2.41. The zero-order valence-electron chi connectivity index (χ0n) is 11.0. The van der Waals surface area contributed by atoms with Crippen molar-refractivity contribution >= 4 is 5.91 Å². The van der Waals surface area contributed by atoms with Crippen LogP contribution in [0.3, 0.4) is 0 Å². The van der Waals surface area contributed by atoms with Gasteiger partial charge in [0.15, 0.2) is 0 Å². The fraction of sp³-hybridized carbons (Fsp3) is 0.786. The minimum absolute atomic E-state index is 0.0581. The molecule has 4 nitrogen and oxygen atoms in total. The summed E-state index contributed by atoms with van der Waals surface area (Å²) in [7, 11) is 0. The molecule has 2 heterocycles. The molecule has 2 N–H and O–H groups in total. The molecule has 2 rings (SSSR count). The molecule has 2 fully saturated rings. The highest BCUT2D eigenvalue weighted by Gasteiger charge is 2.13. The lowest BCUT2D eigenvalue weighted by Crippen LogP contribution is -2.29. The van der Waals surface area contributed by atoms with E-state index in [9.17, 15) is 4.79 Å². The first kappa shape index (κ1) is 13.6. The van der Waals surface area contributed by atoms with Gasteiger partial charge in [0.1, 0.15) is 0 Å². The van der Waals surface area contributed by atoms with Crippen molar-refractivity contribution in [3.63, 3.8) is 0 Å². The van der Waals surface area contributed by atoms with E-state index in [1.54, 1.807) is 6.08 Å². The summed E-state index contributed by atoms with van der Waals surface area (Å²) in [6.45, 7) is 3.60. The van der Waals surface area contributed by atoms with E-state index in [0.29, 0.717) is 6.10 Å². The van der Waals surface area contributed by atoms with Gasteiger partial charge in [-0.25, -0.2) is 0 Å². The van der Waals surface area contributed by atoms with E-state index in [2.05, 4.69) is 10.6 Å². The van der Waals surface area contributed by atoms with Crippen molar-refractivity contribution < 1.29 is 9.53 Å². The van der Waals surface area contributed by atoms with Crippen LogP contribution in [-0.2, 0) is 9.53 Å². The zero-order valence-corrected chi connectivity index (χ0v) is 11.0. The molecule has 2 aliphatic heterocycles. The summed E-state index contributed by atoms with van der Waals surface area (Å²) >= 11 is 0. The first-order chi connectivity index (χ1) is 8.84. The van der Waals surface area contributed by atoms with Crippen LogP contribution in [0.25, 0.3) is 0 Å². The highest BCUT2D eigenvalue weighted by molar-refractivity contribution is 5.88. The lowest BCUT2D eigenvalue weighted by molar-refractivity contribution is -0.116. The molecule has 2 saturated heterocycles. The number of rotatable bonds is 4. The molecular weight excluding hydrogens is 228 g/mol. The van der Waals surface area contributed by atoms with Gasteiger partial charge in [0.2, 0.25) is 5.91 Å². The number of carbonyl (C=O) groups is 1. The van der Waals surface area contributed by atoms with Crippen molar-refractivity contribution in [1.29, 1.82) is 0 Å². The van der Waals surface area contributed by atoms with Crippen LogP contribution in [0.15, 0.2) is 11.6 Å². The second-order valence-corrected chi connectivity index (χ2v) is 5.12. The quantitative estimate of drug-likeness (QED) is 0.743. The zero-order chi connectivity index (χ0) is 12.6. The maximum absolute atomic E-state index is 11.7. The molecule has 0 aromatic rings. The van der Waals surface area contributed by atoms with E-state index >= 15 is 0 Å². The molecular formula is C14H24N2O2. The normalized spacial score (nSPS) is 24.7. The van der Waals surface area contributed by atoms with Crippen LogP contribution in [-0.4, -0.2) is 38.3 Å². The topological polar surface area (TPSA) is 50.4 Å². The fourth-order valence-electron chi connectivity index (χ4n) is 2.52. The average molecular weight is 252 g/mol.